The van der Waals surface area contributed by atoms with Crippen molar-refractivity contribution in [1.82, 2.24) is 10.0 Å². The van der Waals surface area contributed by atoms with Crippen LogP contribution >= 0.6 is 11.3 Å². The van der Waals surface area contributed by atoms with Crippen LogP contribution in [0, 0.1) is 11.8 Å². The number of rotatable bonds is 9. The monoisotopic (exact) mass is 362 g/mol. The van der Waals surface area contributed by atoms with Gasteiger partial charge in [0.2, 0.25) is 15.9 Å². The summed E-state index contributed by atoms with van der Waals surface area (Å²) in [5.41, 5.74) is 0. The number of carbonyl (C=O) groups excluding carboxylic acids is 1. The van der Waals surface area contributed by atoms with Gasteiger partial charge >= 0.3 is 5.97 Å². The number of amides is 1. The number of thiophene rings is 1. The van der Waals surface area contributed by atoms with Crippen LogP contribution in [0.2, 0.25) is 0 Å². The van der Waals surface area contributed by atoms with Crippen molar-refractivity contribution in [3.05, 3.63) is 17.0 Å². The molecule has 0 aromatic carbocycles. The van der Waals surface area contributed by atoms with Gasteiger partial charge in [0.25, 0.3) is 0 Å². The van der Waals surface area contributed by atoms with Gasteiger partial charge in [-0.3, -0.25) is 9.59 Å². The molecule has 9 heteroatoms. The average molecular weight is 362 g/mol. The van der Waals surface area contributed by atoms with E-state index in [9.17, 15) is 18.0 Å². The van der Waals surface area contributed by atoms with E-state index >= 15 is 0 Å². The number of carboxylic acids is 1. The Balaban J connectivity index is 2.71. The van der Waals surface area contributed by atoms with Crippen molar-refractivity contribution in [3.8, 4) is 0 Å². The number of nitrogens with one attached hydrogen (secondary N) is 2. The second-order valence-corrected chi connectivity index (χ2v) is 8.81. The minimum Gasteiger partial charge on any atom is -0.481 e. The number of carbonyl (C=O) groups is 2. The lowest BCUT2D eigenvalue weighted by Crippen LogP contribution is -2.33. The maximum atomic E-state index is 12.2. The molecule has 1 amide bonds. The van der Waals surface area contributed by atoms with Gasteiger partial charge in [-0.15, -0.1) is 11.3 Å². The molecule has 1 aromatic heterocycles. The van der Waals surface area contributed by atoms with Crippen LogP contribution in [0.1, 0.15) is 32.1 Å². The van der Waals surface area contributed by atoms with Gasteiger partial charge in [0.15, 0.2) is 0 Å². The zero-order chi connectivity index (χ0) is 17.6. The quantitative estimate of drug-likeness (QED) is 0.615. The smallest absolute Gasteiger partial charge is 0.307 e. The highest BCUT2D eigenvalue weighted by Gasteiger charge is 2.23. The van der Waals surface area contributed by atoms with Crippen LogP contribution in [0.25, 0.3) is 0 Å². The van der Waals surface area contributed by atoms with E-state index in [1.54, 1.807) is 6.07 Å². The molecule has 0 fully saturated rings. The van der Waals surface area contributed by atoms with E-state index in [4.69, 9.17) is 5.11 Å². The Morgan fingerprint density at radius 3 is 2.48 bits per heavy atom. The van der Waals surface area contributed by atoms with Gasteiger partial charge in [0, 0.05) is 18.3 Å². The van der Waals surface area contributed by atoms with Crippen molar-refractivity contribution in [2.24, 2.45) is 11.8 Å². The molecular formula is C14H22N2O5S2. The summed E-state index contributed by atoms with van der Waals surface area (Å²) in [6, 6.07) is 3.07. The lowest BCUT2D eigenvalue weighted by atomic mass is 9.98. The number of sulfonamides is 1. The van der Waals surface area contributed by atoms with E-state index in [0.29, 0.717) is 11.3 Å². The van der Waals surface area contributed by atoms with Gasteiger partial charge in [-0.1, -0.05) is 13.8 Å². The van der Waals surface area contributed by atoms with Crippen LogP contribution in [-0.4, -0.2) is 31.9 Å². The molecule has 0 aliphatic carbocycles. The molecule has 1 rings (SSSR count). The van der Waals surface area contributed by atoms with Crippen LogP contribution in [0.4, 0.5) is 0 Å². The first-order valence-electron chi connectivity index (χ1n) is 7.17. The average Bonchev–Trinajstić information content (AvgIpc) is 2.90. The van der Waals surface area contributed by atoms with Crippen LogP contribution in [0.15, 0.2) is 16.3 Å². The van der Waals surface area contributed by atoms with E-state index in [1.807, 2.05) is 13.8 Å². The summed E-state index contributed by atoms with van der Waals surface area (Å²) in [5.74, 6) is -1.81. The molecule has 0 aliphatic rings. The van der Waals surface area contributed by atoms with Gasteiger partial charge in [-0.05, 0) is 24.5 Å². The molecule has 3 N–H and O–H groups in total. The minimum atomic E-state index is -3.75. The van der Waals surface area contributed by atoms with E-state index in [1.165, 1.54) is 13.0 Å². The summed E-state index contributed by atoms with van der Waals surface area (Å²) in [6.45, 7) is 5.28. The maximum absolute atomic E-state index is 12.2. The molecule has 0 spiro atoms. The highest BCUT2D eigenvalue weighted by Crippen LogP contribution is 2.22. The van der Waals surface area contributed by atoms with Crippen molar-refractivity contribution in [2.45, 2.75) is 37.9 Å². The molecule has 1 heterocycles. The second-order valence-electron chi connectivity index (χ2n) is 5.65. The molecule has 1 atom stereocenters. The minimum absolute atomic E-state index is 0.103. The molecule has 1 aromatic rings. The third-order valence-electron chi connectivity index (χ3n) is 3.04. The zero-order valence-corrected chi connectivity index (χ0v) is 15.0. The number of hydrogen-bond acceptors (Lipinski definition) is 5. The summed E-state index contributed by atoms with van der Waals surface area (Å²) in [5, 5.41) is 11.7. The maximum Gasteiger partial charge on any atom is 0.307 e. The van der Waals surface area contributed by atoms with Gasteiger partial charge in [-0.25, -0.2) is 13.1 Å². The lowest BCUT2D eigenvalue weighted by molar-refractivity contribution is -0.142. The van der Waals surface area contributed by atoms with Crippen LogP contribution in [0.5, 0.6) is 0 Å². The molecule has 0 saturated carbocycles. The first-order chi connectivity index (χ1) is 10.6. The second kappa shape index (κ2) is 8.42. The predicted octanol–water partition coefficient (Wildman–Crippen LogP) is 1.41. The lowest BCUT2D eigenvalue weighted by Gasteiger charge is -2.15. The van der Waals surface area contributed by atoms with Crippen molar-refractivity contribution < 1.29 is 23.1 Å². The molecule has 0 saturated heterocycles. The fourth-order valence-electron chi connectivity index (χ4n) is 1.93. The first-order valence-corrected chi connectivity index (χ1v) is 9.47. The Morgan fingerprint density at radius 1 is 1.30 bits per heavy atom. The van der Waals surface area contributed by atoms with Gasteiger partial charge in [-0.2, -0.15) is 0 Å². The first kappa shape index (κ1) is 19.6. The van der Waals surface area contributed by atoms with Crippen molar-refractivity contribution in [1.29, 1.82) is 0 Å². The predicted molar refractivity (Wildman–Crippen MR) is 87.6 cm³/mol. The largest absolute Gasteiger partial charge is 0.481 e. The third kappa shape index (κ3) is 6.67. The van der Waals surface area contributed by atoms with Crippen molar-refractivity contribution >= 4 is 33.2 Å². The van der Waals surface area contributed by atoms with Gasteiger partial charge in [0.1, 0.15) is 4.21 Å². The summed E-state index contributed by atoms with van der Waals surface area (Å²) in [4.78, 5) is 22.7. The van der Waals surface area contributed by atoms with Crippen LogP contribution < -0.4 is 10.0 Å². The topological polar surface area (TPSA) is 113 Å². The summed E-state index contributed by atoms with van der Waals surface area (Å²) in [6.07, 6.45) is 0.399. The molecule has 130 valence electrons. The Labute approximate surface area is 140 Å². The summed E-state index contributed by atoms with van der Waals surface area (Å²) in [7, 11) is -3.75. The molecule has 0 bridgehead atoms. The SMILES string of the molecule is CC(=O)NCc1ccc(S(=O)(=O)NCC(CC(C)C)C(=O)O)s1. The fourth-order valence-corrected chi connectivity index (χ4v) is 4.35. The normalized spacial score (nSPS) is 13.0. The molecule has 0 aliphatic heterocycles. The number of aliphatic carboxylic acids is 1. The number of hydrogen-bond donors (Lipinski definition) is 3. The Kier molecular flexibility index (Phi) is 7.17. The zero-order valence-electron chi connectivity index (χ0n) is 13.3. The van der Waals surface area contributed by atoms with Crippen molar-refractivity contribution in [2.75, 3.05) is 6.54 Å². The summed E-state index contributed by atoms with van der Waals surface area (Å²) >= 11 is 1.04. The van der Waals surface area contributed by atoms with Crippen molar-refractivity contribution in [3.63, 3.8) is 0 Å². The van der Waals surface area contributed by atoms with E-state index in [-0.39, 0.29) is 29.1 Å². The molecule has 1 unspecified atom stereocenters. The molecular weight excluding hydrogens is 340 g/mol. The van der Waals surface area contributed by atoms with Gasteiger partial charge < -0.3 is 10.4 Å². The van der Waals surface area contributed by atoms with Gasteiger partial charge in [0.05, 0.1) is 12.5 Å². The Morgan fingerprint density at radius 2 is 1.96 bits per heavy atom. The molecule has 23 heavy (non-hydrogen) atoms. The van der Waals surface area contributed by atoms with Crippen LogP contribution in [-0.2, 0) is 26.2 Å². The summed E-state index contributed by atoms with van der Waals surface area (Å²) < 4.78 is 26.9. The third-order valence-corrected chi connectivity index (χ3v) is 6.04. The Bertz CT molecular complexity index is 652. The fraction of sp³-hybridized carbons (Fsp3) is 0.571. The van der Waals surface area contributed by atoms with E-state index < -0.39 is 21.9 Å². The highest BCUT2D eigenvalue weighted by molar-refractivity contribution is 7.91. The molecule has 0 radical (unpaired) electrons. The van der Waals surface area contributed by atoms with E-state index in [2.05, 4.69) is 10.0 Å². The highest BCUT2D eigenvalue weighted by atomic mass is 32.2. The standard InChI is InChI=1S/C14H22N2O5S2/c1-9(2)6-11(14(18)19)7-16-23(20,21)13-5-4-12(22-13)8-15-10(3)17/h4-5,9,11,16H,6-8H2,1-3H3,(H,15,17)(H,18,19). The van der Waals surface area contributed by atoms with E-state index in [0.717, 1.165) is 11.3 Å². The number of carboxylic acid groups (broad SMARTS) is 1. The molecule has 7 nitrogen and oxygen atoms in total. The van der Waals surface area contributed by atoms with Crippen LogP contribution in [0.3, 0.4) is 0 Å². The Hall–Kier alpha value is -1.45.